The molecule has 1 aromatic rings. The SMILES string of the molecule is CCCNC(CCS(C)(=O)=O)c1cc(OC)ccc1OC. The van der Waals surface area contributed by atoms with Gasteiger partial charge >= 0.3 is 0 Å². The van der Waals surface area contributed by atoms with Crippen molar-refractivity contribution in [3.8, 4) is 11.5 Å². The fourth-order valence-corrected chi connectivity index (χ4v) is 2.79. The maximum absolute atomic E-state index is 11.4. The van der Waals surface area contributed by atoms with Crippen LogP contribution in [0.5, 0.6) is 11.5 Å². The van der Waals surface area contributed by atoms with Crippen molar-refractivity contribution in [1.82, 2.24) is 5.32 Å². The lowest BCUT2D eigenvalue weighted by atomic mass is 10.0. The summed E-state index contributed by atoms with van der Waals surface area (Å²) >= 11 is 0. The summed E-state index contributed by atoms with van der Waals surface area (Å²) < 4.78 is 33.5. The second-order valence-electron chi connectivity index (χ2n) is 5.03. The molecule has 0 aromatic heterocycles. The number of benzene rings is 1. The number of hydrogen-bond acceptors (Lipinski definition) is 5. The second kappa shape index (κ2) is 8.24. The van der Waals surface area contributed by atoms with Gasteiger partial charge in [-0.3, -0.25) is 0 Å². The van der Waals surface area contributed by atoms with Crippen LogP contribution >= 0.6 is 0 Å². The number of rotatable bonds is 9. The summed E-state index contributed by atoms with van der Waals surface area (Å²) in [4.78, 5) is 0. The smallest absolute Gasteiger partial charge is 0.147 e. The van der Waals surface area contributed by atoms with Crippen LogP contribution in [0.1, 0.15) is 31.4 Å². The predicted molar refractivity (Wildman–Crippen MR) is 84.9 cm³/mol. The van der Waals surface area contributed by atoms with Crippen LogP contribution in [0.4, 0.5) is 0 Å². The molecular weight excluding hydrogens is 290 g/mol. The zero-order chi connectivity index (χ0) is 15.9. The fourth-order valence-electron chi connectivity index (χ4n) is 2.13. The lowest BCUT2D eigenvalue weighted by Gasteiger charge is -2.21. The molecule has 0 aliphatic carbocycles. The Morgan fingerprint density at radius 2 is 1.95 bits per heavy atom. The third-order valence-electron chi connectivity index (χ3n) is 3.23. The van der Waals surface area contributed by atoms with Crippen molar-refractivity contribution in [2.75, 3.05) is 32.8 Å². The molecule has 0 saturated heterocycles. The van der Waals surface area contributed by atoms with E-state index in [0.717, 1.165) is 30.0 Å². The number of hydrogen-bond donors (Lipinski definition) is 1. The van der Waals surface area contributed by atoms with E-state index < -0.39 is 9.84 Å². The molecule has 0 aliphatic heterocycles. The number of sulfone groups is 1. The Hall–Kier alpha value is -1.27. The van der Waals surface area contributed by atoms with Crippen LogP contribution in [0.15, 0.2) is 18.2 Å². The van der Waals surface area contributed by atoms with Gasteiger partial charge in [0.25, 0.3) is 0 Å². The molecule has 0 amide bonds. The van der Waals surface area contributed by atoms with Crippen molar-refractivity contribution in [1.29, 1.82) is 0 Å². The maximum atomic E-state index is 11.4. The minimum absolute atomic E-state index is 0.0790. The lowest BCUT2D eigenvalue weighted by molar-refractivity contribution is 0.387. The Balaban J connectivity index is 3.05. The zero-order valence-electron chi connectivity index (χ0n) is 13.2. The van der Waals surface area contributed by atoms with Crippen LogP contribution in [-0.2, 0) is 9.84 Å². The second-order valence-corrected chi connectivity index (χ2v) is 7.29. The Bertz CT molecular complexity index is 543. The van der Waals surface area contributed by atoms with E-state index in [1.165, 1.54) is 6.26 Å². The van der Waals surface area contributed by atoms with Crippen molar-refractivity contribution in [2.45, 2.75) is 25.8 Å². The van der Waals surface area contributed by atoms with E-state index in [0.29, 0.717) is 6.42 Å². The molecular formula is C15H25NO4S. The van der Waals surface area contributed by atoms with Crippen LogP contribution in [0.25, 0.3) is 0 Å². The Labute approximate surface area is 127 Å². The van der Waals surface area contributed by atoms with Crippen molar-refractivity contribution >= 4 is 9.84 Å². The Morgan fingerprint density at radius 3 is 2.48 bits per heavy atom. The molecule has 6 heteroatoms. The molecule has 0 spiro atoms. The highest BCUT2D eigenvalue weighted by Crippen LogP contribution is 2.31. The summed E-state index contributed by atoms with van der Waals surface area (Å²) in [6, 6.07) is 5.49. The van der Waals surface area contributed by atoms with E-state index in [4.69, 9.17) is 9.47 Å². The number of ether oxygens (including phenoxy) is 2. The molecule has 0 bridgehead atoms. The van der Waals surface area contributed by atoms with Gasteiger partial charge in [-0.2, -0.15) is 0 Å². The number of nitrogens with one attached hydrogen (secondary N) is 1. The fraction of sp³-hybridized carbons (Fsp3) is 0.600. The van der Waals surface area contributed by atoms with Gasteiger partial charge in [-0.1, -0.05) is 6.92 Å². The van der Waals surface area contributed by atoms with Gasteiger partial charge in [0.05, 0.1) is 20.0 Å². The lowest BCUT2D eigenvalue weighted by Crippen LogP contribution is -2.25. The summed E-state index contributed by atoms with van der Waals surface area (Å²) in [6.45, 7) is 2.89. The van der Waals surface area contributed by atoms with Crippen molar-refractivity contribution in [3.05, 3.63) is 23.8 Å². The first-order chi connectivity index (χ1) is 9.91. The molecule has 120 valence electrons. The first kappa shape index (κ1) is 17.8. The average Bonchev–Trinajstić information content (AvgIpc) is 2.45. The Kier molecular flexibility index (Phi) is 6.98. The summed E-state index contributed by atoms with van der Waals surface area (Å²) in [5.41, 5.74) is 0.925. The molecule has 1 unspecified atom stereocenters. The van der Waals surface area contributed by atoms with E-state index in [1.807, 2.05) is 18.2 Å². The van der Waals surface area contributed by atoms with E-state index in [2.05, 4.69) is 12.2 Å². The molecule has 0 saturated carbocycles. The zero-order valence-corrected chi connectivity index (χ0v) is 14.0. The first-order valence-corrected chi connectivity index (χ1v) is 9.10. The predicted octanol–water partition coefficient (Wildman–Crippen LogP) is 2.18. The quantitative estimate of drug-likeness (QED) is 0.756. The summed E-state index contributed by atoms with van der Waals surface area (Å²) in [5.74, 6) is 1.60. The standard InChI is InChI=1S/C15H25NO4S/c1-5-9-16-14(8-10-21(4,17)18)13-11-12(19-2)6-7-15(13)20-3/h6-7,11,14,16H,5,8-10H2,1-4H3. The topological polar surface area (TPSA) is 64.6 Å². The van der Waals surface area contributed by atoms with Crippen LogP contribution < -0.4 is 14.8 Å². The van der Waals surface area contributed by atoms with Crippen LogP contribution in [0.2, 0.25) is 0 Å². The highest BCUT2D eigenvalue weighted by atomic mass is 32.2. The average molecular weight is 315 g/mol. The van der Waals surface area contributed by atoms with Gasteiger partial charge in [-0.15, -0.1) is 0 Å². The first-order valence-electron chi connectivity index (χ1n) is 7.04. The molecule has 1 N–H and O–H groups in total. The molecule has 21 heavy (non-hydrogen) atoms. The molecule has 0 fully saturated rings. The van der Waals surface area contributed by atoms with Gasteiger partial charge in [0.1, 0.15) is 21.3 Å². The Morgan fingerprint density at radius 1 is 1.24 bits per heavy atom. The maximum Gasteiger partial charge on any atom is 0.147 e. The van der Waals surface area contributed by atoms with Gasteiger partial charge < -0.3 is 14.8 Å². The molecule has 1 aromatic carbocycles. The van der Waals surface area contributed by atoms with Crippen molar-refractivity contribution in [2.24, 2.45) is 0 Å². The van der Waals surface area contributed by atoms with Gasteiger partial charge in [0, 0.05) is 17.9 Å². The molecule has 1 rings (SSSR count). The van der Waals surface area contributed by atoms with Gasteiger partial charge in [-0.05, 0) is 37.6 Å². The van der Waals surface area contributed by atoms with Gasteiger partial charge in [0.2, 0.25) is 0 Å². The number of methoxy groups -OCH3 is 2. The molecule has 0 aliphatic rings. The summed E-state index contributed by atoms with van der Waals surface area (Å²) in [6.07, 6.45) is 2.73. The molecule has 5 nitrogen and oxygen atoms in total. The van der Waals surface area contributed by atoms with Gasteiger partial charge in [-0.25, -0.2) is 8.42 Å². The normalized spacial score (nSPS) is 13.0. The highest BCUT2D eigenvalue weighted by Gasteiger charge is 2.18. The van der Waals surface area contributed by atoms with E-state index in [9.17, 15) is 8.42 Å². The van der Waals surface area contributed by atoms with Gasteiger partial charge in [0.15, 0.2) is 0 Å². The van der Waals surface area contributed by atoms with E-state index >= 15 is 0 Å². The summed E-state index contributed by atoms with van der Waals surface area (Å²) in [5, 5.41) is 3.38. The van der Waals surface area contributed by atoms with Crippen LogP contribution in [0, 0.1) is 0 Å². The van der Waals surface area contributed by atoms with Crippen LogP contribution in [-0.4, -0.2) is 41.2 Å². The molecule has 0 radical (unpaired) electrons. The third kappa shape index (κ3) is 5.93. The third-order valence-corrected chi connectivity index (χ3v) is 4.21. The minimum atomic E-state index is -3.00. The monoisotopic (exact) mass is 315 g/mol. The van der Waals surface area contributed by atoms with Crippen LogP contribution in [0.3, 0.4) is 0 Å². The molecule has 0 heterocycles. The molecule has 1 atom stereocenters. The highest BCUT2D eigenvalue weighted by molar-refractivity contribution is 7.90. The van der Waals surface area contributed by atoms with Crippen molar-refractivity contribution < 1.29 is 17.9 Å². The van der Waals surface area contributed by atoms with E-state index in [1.54, 1.807) is 14.2 Å². The van der Waals surface area contributed by atoms with E-state index in [-0.39, 0.29) is 11.8 Å². The minimum Gasteiger partial charge on any atom is -0.497 e. The summed E-state index contributed by atoms with van der Waals surface area (Å²) in [7, 11) is 0.218. The largest absolute Gasteiger partial charge is 0.497 e. The van der Waals surface area contributed by atoms with Crippen molar-refractivity contribution in [3.63, 3.8) is 0 Å².